The molecule has 1 nitrogen and oxygen atoms in total. The van der Waals surface area contributed by atoms with Gasteiger partial charge in [0.1, 0.15) is 0 Å². The molecule has 3 rings (SSSR count). The second-order valence-electron chi connectivity index (χ2n) is 4.88. The van der Waals surface area contributed by atoms with Crippen molar-refractivity contribution in [1.82, 2.24) is 0 Å². The van der Waals surface area contributed by atoms with E-state index in [4.69, 9.17) is 5.73 Å². The summed E-state index contributed by atoms with van der Waals surface area (Å²) in [4.78, 5) is 0. The van der Waals surface area contributed by atoms with E-state index in [-0.39, 0.29) is 0 Å². The van der Waals surface area contributed by atoms with Crippen LogP contribution in [-0.2, 0) is 0 Å². The van der Waals surface area contributed by atoms with Crippen molar-refractivity contribution in [3.05, 3.63) is 0 Å². The van der Waals surface area contributed by atoms with Crippen LogP contribution >= 0.6 is 0 Å². The molecule has 3 aliphatic rings. The topological polar surface area (TPSA) is 26.0 Å². The number of hydrogen-bond acceptors (Lipinski definition) is 1. The van der Waals surface area contributed by atoms with E-state index < -0.39 is 0 Å². The lowest BCUT2D eigenvalue weighted by Gasteiger charge is -2.35. The minimum Gasteiger partial charge on any atom is -0.325 e. The maximum atomic E-state index is 6.45. The van der Waals surface area contributed by atoms with Gasteiger partial charge in [-0.15, -0.1) is 0 Å². The van der Waals surface area contributed by atoms with Crippen molar-refractivity contribution >= 4 is 0 Å². The van der Waals surface area contributed by atoms with Gasteiger partial charge in [-0.2, -0.15) is 0 Å². The summed E-state index contributed by atoms with van der Waals surface area (Å²) in [5.74, 6) is 2.88. The maximum absolute atomic E-state index is 6.45. The van der Waals surface area contributed by atoms with Gasteiger partial charge >= 0.3 is 0 Å². The molecule has 0 saturated heterocycles. The minimum absolute atomic E-state index is 0.322. The van der Waals surface area contributed by atoms with Gasteiger partial charge in [0.05, 0.1) is 0 Å². The van der Waals surface area contributed by atoms with Crippen LogP contribution < -0.4 is 5.73 Å². The molecule has 0 aliphatic heterocycles. The Morgan fingerprint density at radius 3 is 2.91 bits per heavy atom. The van der Waals surface area contributed by atoms with Gasteiger partial charge in [0.15, 0.2) is 0 Å². The predicted molar refractivity (Wildman–Crippen MR) is 45.1 cm³/mol. The number of rotatable bonds is 0. The second kappa shape index (κ2) is 1.82. The molecule has 3 saturated carbocycles. The van der Waals surface area contributed by atoms with Crippen LogP contribution in [0.4, 0.5) is 0 Å². The Hall–Kier alpha value is -0.0400. The van der Waals surface area contributed by atoms with E-state index in [0.29, 0.717) is 5.54 Å². The van der Waals surface area contributed by atoms with E-state index in [9.17, 15) is 0 Å². The Labute approximate surface area is 68.3 Å². The zero-order valence-corrected chi connectivity index (χ0v) is 7.05. The molecule has 2 N–H and O–H groups in total. The summed E-state index contributed by atoms with van der Waals surface area (Å²) >= 11 is 0. The fourth-order valence-electron chi connectivity index (χ4n) is 4.13. The van der Waals surface area contributed by atoms with Crippen molar-refractivity contribution in [2.45, 2.75) is 44.1 Å². The van der Waals surface area contributed by atoms with Crippen LogP contribution in [-0.4, -0.2) is 5.54 Å². The summed E-state index contributed by atoms with van der Waals surface area (Å²) in [7, 11) is 0. The lowest BCUT2D eigenvalue weighted by Crippen LogP contribution is -2.47. The fourth-order valence-corrected chi connectivity index (χ4v) is 4.13. The molecule has 3 fully saturated rings. The molecule has 0 aromatic heterocycles. The van der Waals surface area contributed by atoms with Gasteiger partial charge in [-0.1, -0.05) is 6.42 Å². The molecule has 11 heavy (non-hydrogen) atoms. The monoisotopic (exact) mass is 151 g/mol. The van der Waals surface area contributed by atoms with Crippen LogP contribution in [0.1, 0.15) is 38.5 Å². The van der Waals surface area contributed by atoms with E-state index in [1.54, 1.807) is 0 Å². The SMILES string of the molecule is N[C@@]12CCCC1C1CCC2C1. The molecule has 3 aliphatic carbocycles. The molecule has 0 radical (unpaired) electrons. The summed E-state index contributed by atoms with van der Waals surface area (Å²) < 4.78 is 0. The summed E-state index contributed by atoms with van der Waals surface area (Å²) in [6.07, 6.45) is 8.60. The highest BCUT2D eigenvalue weighted by atomic mass is 14.9. The molecule has 0 heterocycles. The third-order valence-electron chi connectivity index (χ3n) is 4.62. The molecule has 0 aromatic rings. The van der Waals surface area contributed by atoms with E-state index in [1.165, 1.54) is 38.5 Å². The molecule has 4 atom stereocenters. The van der Waals surface area contributed by atoms with E-state index in [1.807, 2.05) is 0 Å². The lowest BCUT2D eigenvalue weighted by molar-refractivity contribution is 0.210. The Morgan fingerprint density at radius 1 is 1.18 bits per heavy atom. The quantitative estimate of drug-likeness (QED) is 0.562. The highest BCUT2D eigenvalue weighted by molar-refractivity contribution is 5.12. The average Bonchev–Trinajstić information content (AvgIpc) is 2.54. The molecule has 0 amide bonds. The summed E-state index contributed by atoms with van der Waals surface area (Å²) in [5.41, 5.74) is 6.77. The van der Waals surface area contributed by atoms with Gasteiger partial charge in [-0.05, 0) is 49.9 Å². The Kier molecular flexibility index (Phi) is 1.07. The highest BCUT2D eigenvalue weighted by Crippen LogP contribution is 2.59. The molecule has 3 unspecified atom stereocenters. The first kappa shape index (κ1) is 6.47. The van der Waals surface area contributed by atoms with Crippen molar-refractivity contribution in [2.75, 3.05) is 0 Å². The average molecular weight is 151 g/mol. The van der Waals surface area contributed by atoms with E-state index >= 15 is 0 Å². The van der Waals surface area contributed by atoms with Crippen molar-refractivity contribution in [3.8, 4) is 0 Å². The molecule has 2 bridgehead atoms. The Balaban J connectivity index is 2.00. The molecular formula is C10H17N. The normalized spacial score (nSPS) is 60.3. The highest BCUT2D eigenvalue weighted by Gasteiger charge is 2.57. The largest absolute Gasteiger partial charge is 0.325 e. The third kappa shape index (κ3) is 0.618. The van der Waals surface area contributed by atoms with Gasteiger partial charge in [0, 0.05) is 5.54 Å². The first-order valence-corrected chi connectivity index (χ1v) is 5.09. The number of nitrogens with two attached hydrogens (primary N) is 1. The first-order chi connectivity index (χ1) is 5.31. The van der Waals surface area contributed by atoms with Gasteiger partial charge in [0.2, 0.25) is 0 Å². The molecule has 0 aromatic carbocycles. The van der Waals surface area contributed by atoms with E-state index in [0.717, 1.165) is 17.8 Å². The smallest absolute Gasteiger partial charge is 0.0214 e. The summed E-state index contributed by atoms with van der Waals surface area (Å²) in [6, 6.07) is 0. The molecular weight excluding hydrogens is 134 g/mol. The van der Waals surface area contributed by atoms with Gasteiger partial charge in [0.25, 0.3) is 0 Å². The number of hydrogen-bond donors (Lipinski definition) is 1. The van der Waals surface area contributed by atoms with Crippen LogP contribution in [0.5, 0.6) is 0 Å². The van der Waals surface area contributed by atoms with Crippen LogP contribution in [0.2, 0.25) is 0 Å². The summed E-state index contributed by atoms with van der Waals surface area (Å²) in [6.45, 7) is 0. The van der Waals surface area contributed by atoms with Crippen LogP contribution in [0.15, 0.2) is 0 Å². The zero-order valence-electron chi connectivity index (χ0n) is 7.05. The van der Waals surface area contributed by atoms with Crippen molar-refractivity contribution < 1.29 is 0 Å². The Bertz CT molecular complexity index is 189. The molecule has 62 valence electrons. The van der Waals surface area contributed by atoms with E-state index in [2.05, 4.69) is 0 Å². The fraction of sp³-hybridized carbons (Fsp3) is 1.00. The first-order valence-electron chi connectivity index (χ1n) is 5.09. The summed E-state index contributed by atoms with van der Waals surface area (Å²) in [5, 5.41) is 0. The number of fused-ring (bicyclic) bond motifs is 5. The minimum atomic E-state index is 0.322. The van der Waals surface area contributed by atoms with Crippen LogP contribution in [0.25, 0.3) is 0 Å². The third-order valence-corrected chi connectivity index (χ3v) is 4.62. The van der Waals surface area contributed by atoms with Crippen molar-refractivity contribution in [3.63, 3.8) is 0 Å². The van der Waals surface area contributed by atoms with Crippen molar-refractivity contribution in [2.24, 2.45) is 23.5 Å². The Morgan fingerprint density at radius 2 is 2.09 bits per heavy atom. The molecule has 1 heteroatoms. The van der Waals surface area contributed by atoms with Crippen LogP contribution in [0, 0.1) is 17.8 Å². The zero-order chi connectivity index (χ0) is 7.47. The van der Waals surface area contributed by atoms with Crippen molar-refractivity contribution in [1.29, 1.82) is 0 Å². The van der Waals surface area contributed by atoms with Gasteiger partial charge in [-0.3, -0.25) is 0 Å². The second-order valence-corrected chi connectivity index (χ2v) is 4.88. The van der Waals surface area contributed by atoms with Crippen LogP contribution in [0.3, 0.4) is 0 Å². The molecule has 0 spiro atoms. The maximum Gasteiger partial charge on any atom is 0.0214 e. The standard InChI is InChI=1S/C10H17N/c11-10-5-1-2-9(10)7-3-4-8(10)6-7/h7-9H,1-6,11H2/t7?,8?,9?,10-/m1/s1. The lowest BCUT2D eigenvalue weighted by atomic mass is 9.76. The van der Waals surface area contributed by atoms with Gasteiger partial charge in [-0.25, -0.2) is 0 Å². The van der Waals surface area contributed by atoms with Gasteiger partial charge < -0.3 is 5.73 Å². The predicted octanol–water partition coefficient (Wildman–Crippen LogP) is 1.91.